The van der Waals surface area contributed by atoms with Gasteiger partial charge in [-0.1, -0.05) is 24.3 Å². The van der Waals surface area contributed by atoms with Crippen molar-refractivity contribution < 1.29 is 9.21 Å². The Labute approximate surface area is 144 Å². The number of carbonyl (C=O) groups excluding carboxylic acids is 1. The SMILES string of the molecule is O=C(Cn1nc(-c2ccco2)ccc1=O)NC1Cc2ccccc2C1. The van der Waals surface area contributed by atoms with E-state index < -0.39 is 0 Å². The molecule has 1 N–H and O–H groups in total. The van der Waals surface area contributed by atoms with E-state index in [-0.39, 0.29) is 24.1 Å². The molecule has 0 unspecified atom stereocenters. The molecule has 0 saturated carbocycles. The van der Waals surface area contributed by atoms with E-state index in [4.69, 9.17) is 4.42 Å². The van der Waals surface area contributed by atoms with Gasteiger partial charge in [0.05, 0.1) is 6.26 Å². The summed E-state index contributed by atoms with van der Waals surface area (Å²) in [5.41, 5.74) is 2.73. The summed E-state index contributed by atoms with van der Waals surface area (Å²) in [6.45, 7) is -0.111. The summed E-state index contributed by atoms with van der Waals surface area (Å²) in [4.78, 5) is 24.3. The number of rotatable bonds is 4. The Kier molecular flexibility index (Phi) is 3.93. The lowest BCUT2D eigenvalue weighted by molar-refractivity contribution is -0.122. The number of amides is 1. The molecule has 3 aromatic rings. The number of fused-ring (bicyclic) bond motifs is 1. The molecule has 25 heavy (non-hydrogen) atoms. The third-order valence-corrected chi connectivity index (χ3v) is 4.35. The number of benzene rings is 1. The lowest BCUT2D eigenvalue weighted by atomic mass is 10.1. The van der Waals surface area contributed by atoms with Gasteiger partial charge in [0.25, 0.3) is 5.56 Å². The van der Waals surface area contributed by atoms with Gasteiger partial charge in [-0.2, -0.15) is 5.10 Å². The predicted octanol–water partition coefficient (Wildman–Crippen LogP) is 1.79. The Morgan fingerprint density at radius 2 is 1.88 bits per heavy atom. The van der Waals surface area contributed by atoms with Crippen LogP contribution in [0.1, 0.15) is 11.1 Å². The zero-order valence-corrected chi connectivity index (χ0v) is 13.5. The number of carbonyl (C=O) groups is 1. The Morgan fingerprint density at radius 1 is 1.12 bits per heavy atom. The van der Waals surface area contributed by atoms with Crippen molar-refractivity contribution in [2.75, 3.05) is 0 Å². The second kappa shape index (κ2) is 6.39. The zero-order chi connectivity index (χ0) is 17.2. The summed E-state index contributed by atoms with van der Waals surface area (Å²) in [6, 6.07) is 14.7. The Balaban J connectivity index is 1.45. The molecule has 4 rings (SSSR count). The average molecular weight is 335 g/mol. The summed E-state index contributed by atoms with van der Waals surface area (Å²) in [5, 5.41) is 7.21. The topological polar surface area (TPSA) is 77.1 Å². The molecule has 0 spiro atoms. The van der Waals surface area contributed by atoms with Gasteiger partial charge in [0.1, 0.15) is 12.2 Å². The summed E-state index contributed by atoms with van der Waals surface area (Å²) < 4.78 is 6.45. The highest BCUT2D eigenvalue weighted by Gasteiger charge is 2.22. The van der Waals surface area contributed by atoms with Crippen molar-refractivity contribution >= 4 is 5.91 Å². The third kappa shape index (κ3) is 3.24. The first-order valence-corrected chi connectivity index (χ1v) is 8.17. The standard InChI is InChI=1S/C19H17N3O3/c23-18(20-15-10-13-4-1-2-5-14(13)11-15)12-22-19(24)8-7-16(21-22)17-6-3-9-25-17/h1-9,15H,10-12H2,(H,20,23). The quantitative estimate of drug-likeness (QED) is 0.788. The van der Waals surface area contributed by atoms with Gasteiger partial charge in [0.15, 0.2) is 5.76 Å². The molecule has 0 fully saturated rings. The van der Waals surface area contributed by atoms with Gasteiger partial charge in [-0.3, -0.25) is 9.59 Å². The van der Waals surface area contributed by atoms with E-state index in [1.54, 1.807) is 18.2 Å². The number of hydrogen-bond donors (Lipinski definition) is 1. The molecule has 2 aromatic heterocycles. The lowest BCUT2D eigenvalue weighted by Crippen LogP contribution is -2.39. The number of aromatic nitrogens is 2. The fourth-order valence-electron chi connectivity index (χ4n) is 3.19. The van der Waals surface area contributed by atoms with Crippen LogP contribution in [0.2, 0.25) is 0 Å². The van der Waals surface area contributed by atoms with Gasteiger partial charge in [0.2, 0.25) is 5.91 Å². The van der Waals surface area contributed by atoms with Crippen LogP contribution in [0.25, 0.3) is 11.5 Å². The smallest absolute Gasteiger partial charge is 0.267 e. The van der Waals surface area contributed by atoms with Gasteiger partial charge in [0, 0.05) is 12.1 Å². The van der Waals surface area contributed by atoms with E-state index in [2.05, 4.69) is 22.5 Å². The molecule has 2 heterocycles. The molecule has 0 aliphatic heterocycles. The average Bonchev–Trinajstić information content (AvgIpc) is 3.25. The molecule has 1 aromatic carbocycles. The van der Waals surface area contributed by atoms with Crippen molar-refractivity contribution in [1.29, 1.82) is 0 Å². The fourth-order valence-corrected chi connectivity index (χ4v) is 3.19. The van der Waals surface area contributed by atoms with Crippen molar-refractivity contribution in [3.05, 3.63) is 76.3 Å². The molecule has 126 valence electrons. The lowest BCUT2D eigenvalue weighted by Gasteiger charge is -2.12. The number of furan rings is 1. The molecular weight excluding hydrogens is 318 g/mol. The van der Waals surface area contributed by atoms with E-state index >= 15 is 0 Å². The highest BCUT2D eigenvalue weighted by Crippen LogP contribution is 2.21. The van der Waals surface area contributed by atoms with E-state index in [1.807, 2.05) is 12.1 Å². The van der Waals surface area contributed by atoms with Crippen LogP contribution in [0.4, 0.5) is 0 Å². The number of hydrogen-bond acceptors (Lipinski definition) is 4. The van der Waals surface area contributed by atoms with E-state index in [0.29, 0.717) is 11.5 Å². The van der Waals surface area contributed by atoms with Crippen LogP contribution in [-0.4, -0.2) is 21.7 Å². The van der Waals surface area contributed by atoms with Gasteiger partial charge < -0.3 is 9.73 Å². The summed E-state index contributed by atoms with van der Waals surface area (Å²) in [5.74, 6) is 0.337. The van der Waals surface area contributed by atoms with Crippen LogP contribution < -0.4 is 10.9 Å². The molecule has 6 heteroatoms. The Bertz CT molecular complexity index is 935. The van der Waals surface area contributed by atoms with Crippen LogP contribution in [0.3, 0.4) is 0 Å². The highest BCUT2D eigenvalue weighted by atomic mass is 16.3. The van der Waals surface area contributed by atoms with Crippen molar-refractivity contribution in [2.24, 2.45) is 0 Å². The molecule has 1 aliphatic carbocycles. The first-order valence-electron chi connectivity index (χ1n) is 8.17. The van der Waals surface area contributed by atoms with Crippen LogP contribution in [0, 0.1) is 0 Å². The summed E-state index contributed by atoms with van der Waals surface area (Å²) in [7, 11) is 0. The Hall–Kier alpha value is -3.15. The number of nitrogens with one attached hydrogen (secondary N) is 1. The van der Waals surface area contributed by atoms with E-state index in [0.717, 1.165) is 17.5 Å². The molecule has 0 radical (unpaired) electrons. The molecule has 6 nitrogen and oxygen atoms in total. The largest absolute Gasteiger partial charge is 0.463 e. The van der Waals surface area contributed by atoms with Crippen molar-refractivity contribution in [3.8, 4) is 11.5 Å². The minimum Gasteiger partial charge on any atom is -0.463 e. The maximum absolute atomic E-state index is 12.3. The second-order valence-corrected chi connectivity index (χ2v) is 6.13. The van der Waals surface area contributed by atoms with Gasteiger partial charge >= 0.3 is 0 Å². The molecular formula is C19H17N3O3. The minimum atomic E-state index is -0.319. The highest BCUT2D eigenvalue weighted by molar-refractivity contribution is 5.76. The maximum atomic E-state index is 12.3. The minimum absolute atomic E-state index is 0.0638. The van der Waals surface area contributed by atoms with Crippen molar-refractivity contribution in [1.82, 2.24) is 15.1 Å². The van der Waals surface area contributed by atoms with Crippen molar-refractivity contribution in [2.45, 2.75) is 25.4 Å². The normalized spacial score (nSPS) is 13.6. The molecule has 1 aliphatic rings. The maximum Gasteiger partial charge on any atom is 0.267 e. The Morgan fingerprint density at radius 3 is 2.56 bits per heavy atom. The molecule has 0 saturated heterocycles. The molecule has 0 bridgehead atoms. The van der Waals surface area contributed by atoms with Crippen molar-refractivity contribution in [3.63, 3.8) is 0 Å². The summed E-state index contributed by atoms with van der Waals surface area (Å²) in [6.07, 6.45) is 3.17. The van der Waals surface area contributed by atoms with E-state index in [1.165, 1.54) is 23.5 Å². The molecule has 1 amide bonds. The number of nitrogens with zero attached hydrogens (tertiary/aromatic N) is 2. The third-order valence-electron chi connectivity index (χ3n) is 4.35. The van der Waals surface area contributed by atoms with Crippen LogP contribution in [-0.2, 0) is 24.2 Å². The fraction of sp³-hybridized carbons (Fsp3) is 0.211. The van der Waals surface area contributed by atoms with Crippen LogP contribution >= 0.6 is 0 Å². The van der Waals surface area contributed by atoms with Crippen LogP contribution in [0.15, 0.2) is 64.0 Å². The first-order chi connectivity index (χ1) is 12.2. The van der Waals surface area contributed by atoms with Gasteiger partial charge in [-0.15, -0.1) is 0 Å². The molecule has 0 atom stereocenters. The van der Waals surface area contributed by atoms with E-state index in [9.17, 15) is 9.59 Å². The van der Waals surface area contributed by atoms with Gasteiger partial charge in [-0.05, 0) is 42.2 Å². The predicted molar refractivity (Wildman–Crippen MR) is 92.0 cm³/mol. The monoisotopic (exact) mass is 335 g/mol. The second-order valence-electron chi connectivity index (χ2n) is 6.13. The first kappa shape index (κ1) is 15.4. The zero-order valence-electron chi connectivity index (χ0n) is 13.5. The van der Waals surface area contributed by atoms with Gasteiger partial charge in [-0.25, -0.2) is 4.68 Å². The van der Waals surface area contributed by atoms with Crippen LogP contribution in [0.5, 0.6) is 0 Å². The summed E-state index contributed by atoms with van der Waals surface area (Å²) >= 11 is 0.